The third-order valence-electron chi connectivity index (χ3n) is 1.80. The molecule has 0 rings (SSSR count). The van der Waals surface area contributed by atoms with Crippen molar-refractivity contribution in [2.24, 2.45) is 22.2 Å². The molecule has 0 heterocycles. The Morgan fingerprint density at radius 3 is 2.38 bits per heavy atom. The molecular formula is C10H23N5O. The second-order valence-corrected chi connectivity index (χ2v) is 4.79. The van der Waals surface area contributed by atoms with Crippen LogP contribution in [0.2, 0.25) is 0 Å². The molecule has 0 bridgehead atoms. The van der Waals surface area contributed by atoms with Crippen LogP contribution in [0.1, 0.15) is 33.6 Å². The van der Waals surface area contributed by atoms with E-state index >= 15 is 0 Å². The zero-order chi connectivity index (χ0) is 12.8. The molecule has 0 aromatic carbocycles. The number of rotatable bonds is 5. The Morgan fingerprint density at radius 2 is 1.94 bits per heavy atom. The van der Waals surface area contributed by atoms with Crippen LogP contribution < -0.4 is 22.5 Å². The van der Waals surface area contributed by atoms with Crippen molar-refractivity contribution in [1.82, 2.24) is 5.32 Å². The average molecular weight is 229 g/mol. The van der Waals surface area contributed by atoms with E-state index in [9.17, 15) is 4.79 Å². The van der Waals surface area contributed by atoms with Gasteiger partial charge < -0.3 is 22.5 Å². The molecule has 0 aliphatic heterocycles. The van der Waals surface area contributed by atoms with Crippen LogP contribution in [0.5, 0.6) is 0 Å². The summed E-state index contributed by atoms with van der Waals surface area (Å²) in [7, 11) is 0. The highest BCUT2D eigenvalue weighted by molar-refractivity contribution is 5.82. The SMILES string of the molecule is CC(C)(C)NC(=O)[C@@H](N)CCCN=C(N)N. The van der Waals surface area contributed by atoms with Crippen molar-refractivity contribution < 1.29 is 4.79 Å². The normalized spacial score (nSPS) is 13.0. The molecular weight excluding hydrogens is 206 g/mol. The molecule has 7 N–H and O–H groups in total. The maximum atomic E-state index is 11.6. The van der Waals surface area contributed by atoms with E-state index in [-0.39, 0.29) is 17.4 Å². The van der Waals surface area contributed by atoms with Gasteiger partial charge in [-0.3, -0.25) is 9.79 Å². The summed E-state index contributed by atoms with van der Waals surface area (Å²) in [6.45, 7) is 6.24. The second-order valence-electron chi connectivity index (χ2n) is 4.79. The number of nitrogens with zero attached hydrogens (tertiary/aromatic N) is 1. The van der Waals surface area contributed by atoms with E-state index in [0.29, 0.717) is 19.4 Å². The van der Waals surface area contributed by atoms with Crippen LogP contribution in [0.4, 0.5) is 0 Å². The Balaban J connectivity index is 3.85. The summed E-state index contributed by atoms with van der Waals surface area (Å²) in [6.07, 6.45) is 1.26. The molecule has 0 saturated heterocycles. The predicted molar refractivity (Wildman–Crippen MR) is 65.8 cm³/mol. The van der Waals surface area contributed by atoms with Crippen molar-refractivity contribution in [2.75, 3.05) is 6.54 Å². The minimum atomic E-state index is -0.506. The monoisotopic (exact) mass is 229 g/mol. The summed E-state index contributed by atoms with van der Waals surface area (Å²) in [4.78, 5) is 15.4. The third-order valence-corrected chi connectivity index (χ3v) is 1.80. The van der Waals surface area contributed by atoms with Crippen molar-refractivity contribution in [3.05, 3.63) is 0 Å². The highest BCUT2D eigenvalue weighted by atomic mass is 16.2. The molecule has 94 valence electrons. The van der Waals surface area contributed by atoms with Crippen molar-refractivity contribution in [1.29, 1.82) is 0 Å². The van der Waals surface area contributed by atoms with Crippen molar-refractivity contribution >= 4 is 11.9 Å². The van der Waals surface area contributed by atoms with Crippen LogP contribution >= 0.6 is 0 Å². The minimum absolute atomic E-state index is 0.0627. The molecule has 0 radical (unpaired) electrons. The number of guanidine groups is 1. The van der Waals surface area contributed by atoms with Crippen LogP contribution in [0.25, 0.3) is 0 Å². The molecule has 0 fully saturated rings. The largest absolute Gasteiger partial charge is 0.370 e. The maximum Gasteiger partial charge on any atom is 0.237 e. The van der Waals surface area contributed by atoms with E-state index in [4.69, 9.17) is 17.2 Å². The van der Waals surface area contributed by atoms with Gasteiger partial charge >= 0.3 is 0 Å². The van der Waals surface area contributed by atoms with Crippen molar-refractivity contribution in [2.45, 2.75) is 45.2 Å². The lowest BCUT2D eigenvalue weighted by Crippen LogP contribution is -2.48. The van der Waals surface area contributed by atoms with Crippen molar-refractivity contribution in [3.63, 3.8) is 0 Å². The van der Waals surface area contributed by atoms with Gasteiger partial charge in [-0.05, 0) is 33.6 Å². The standard InChI is InChI=1S/C10H23N5O/c1-10(2,3)15-8(16)7(11)5-4-6-14-9(12)13/h7H,4-6,11H2,1-3H3,(H,15,16)(H4,12,13,14)/t7-/m0/s1. The topological polar surface area (TPSA) is 120 Å². The molecule has 0 aromatic heterocycles. The van der Waals surface area contributed by atoms with E-state index < -0.39 is 6.04 Å². The van der Waals surface area contributed by atoms with Gasteiger partial charge in [0.05, 0.1) is 6.04 Å². The summed E-state index contributed by atoms with van der Waals surface area (Å²) in [5.74, 6) is -0.0788. The predicted octanol–water partition coefficient (Wildman–Crippen LogP) is -0.718. The van der Waals surface area contributed by atoms with E-state index in [2.05, 4.69) is 10.3 Å². The van der Waals surface area contributed by atoms with Gasteiger partial charge in [0.2, 0.25) is 5.91 Å². The first-order valence-corrected chi connectivity index (χ1v) is 5.35. The molecule has 0 aromatic rings. The van der Waals surface area contributed by atoms with E-state index in [1.807, 2.05) is 20.8 Å². The highest BCUT2D eigenvalue weighted by Gasteiger charge is 2.18. The summed E-state index contributed by atoms with van der Waals surface area (Å²) in [5.41, 5.74) is 15.8. The van der Waals surface area contributed by atoms with Crippen LogP contribution in [0.3, 0.4) is 0 Å². The molecule has 0 unspecified atom stereocenters. The van der Waals surface area contributed by atoms with Gasteiger partial charge in [-0.15, -0.1) is 0 Å². The Bertz CT molecular complexity index is 252. The second kappa shape index (κ2) is 6.32. The van der Waals surface area contributed by atoms with E-state index in [1.54, 1.807) is 0 Å². The third kappa shape index (κ3) is 8.05. The molecule has 0 spiro atoms. The molecule has 6 heteroatoms. The van der Waals surface area contributed by atoms with Gasteiger partial charge in [0.15, 0.2) is 5.96 Å². The number of nitrogens with two attached hydrogens (primary N) is 3. The van der Waals surface area contributed by atoms with Crippen LogP contribution in [0.15, 0.2) is 4.99 Å². The Hall–Kier alpha value is -1.30. The molecule has 1 atom stereocenters. The first-order chi connectivity index (χ1) is 7.22. The summed E-state index contributed by atoms with van der Waals surface area (Å²) in [5, 5.41) is 2.82. The molecule has 16 heavy (non-hydrogen) atoms. The number of hydrogen-bond acceptors (Lipinski definition) is 3. The van der Waals surface area contributed by atoms with Crippen molar-refractivity contribution in [3.8, 4) is 0 Å². The average Bonchev–Trinajstić information content (AvgIpc) is 2.08. The molecule has 0 saturated carbocycles. The van der Waals surface area contributed by atoms with E-state index in [0.717, 1.165) is 0 Å². The molecule has 0 aliphatic rings. The van der Waals surface area contributed by atoms with Gasteiger partial charge in [-0.1, -0.05) is 0 Å². The van der Waals surface area contributed by atoms with Gasteiger partial charge in [-0.25, -0.2) is 0 Å². The smallest absolute Gasteiger partial charge is 0.237 e. The molecule has 6 nitrogen and oxygen atoms in total. The number of nitrogens with one attached hydrogen (secondary N) is 1. The Labute approximate surface area is 96.7 Å². The first-order valence-electron chi connectivity index (χ1n) is 5.35. The highest BCUT2D eigenvalue weighted by Crippen LogP contribution is 2.01. The lowest BCUT2D eigenvalue weighted by molar-refractivity contribution is -0.123. The van der Waals surface area contributed by atoms with Gasteiger partial charge in [-0.2, -0.15) is 0 Å². The van der Waals surface area contributed by atoms with Crippen LogP contribution in [-0.4, -0.2) is 30.0 Å². The summed E-state index contributed by atoms with van der Waals surface area (Å²) >= 11 is 0. The lowest BCUT2D eigenvalue weighted by atomic mass is 10.1. The molecule has 0 aliphatic carbocycles. The van der Waals surface area contributed by atoms with Gasteiger partial charge in [0.25, 0.3) is 0 Å². The molecule has 1 amide bonds. The fourth-order valence-electron chi connectivity index (χ4n) is 1.11. The first kappa shape index (κ1) is 14.7. The maximum absolute atomic E-state index is 11.6. The number of amides is 1. The summed E-state index contributed by atoms with van der Waals surface area (Å²) < 4.78 is 0. The van der Waals surface area contributed by atoms with Gasteiger partial charge in [0.1, 0.15) is 0 Å². The summed E-state index contributed by atoms with van der Waals surface area (Å²) in [6, 6.07) is -0.506. The van der Waals surface area contributed by atoms with Gasteiger partial charge in [0, 0.05) is 12.1 Å². The quantitative estimate of drug-likeness (QED) is 0.282. The lowest BCUT2D eigenvalue weighted by Gasteiger charge is -2.23. The number of carbonyl (C=O) groups excluding carboxylic acids is 1. The van der Waals surface area contributed by atoms with E-state index in [1.165, 1.54) is 0 Å². The number of hydrogen-bond donors (Lipinski definition) is 4. The number of carbonyl (C=O) groups is 1. The number of aliphatic imine (C=N–C) groups is 1. The fraction of sp³-hybridized carbons (Fsp3) is 0.800. The van der Waals surface area contributed by atoms with Crippen LogP contribution in [-0.2, 0) is 4.79 Å². The zero-order valence-corrected chi connectivity index (χ0v) is 10.3. The van der Waals surface area contributed by atoms with Crippen LogP contribution in [0, 0.1) is 0 Å². The minimum Gasteiger partial charge on any atom is -0.370 e. The zero-order valence-electron chi connectivity index (χ0n) is 10.3. The Kier molecular flexibility index (Phi) is 5.81. The fourth-order valence-corrected chi connectivity index (χ4v) is 1.11. The Morgan fingerprint density at radius 1 is 1.38 bits per heavy atom.